The van der Waals surface area contributed by atoms with E-state index >= 15 is 0 Å². The highest BCUT2D eigenvalue weighted by atomic mass is 16.5. The summed E-state index contributed by atoms with van der Waals surface area (Å²) in [5.41, 5.74) is 0.177. The van der Waals surface area contributed by atoms with Gasteiger partial charge in [-0.25, -0.2) is 0 Å². The number of nitriles is 1. The first-order valence-corrected chi connectivity index (χ1v) is 5.75. The molecule has 1 N–H and O–H groups in total. The number of carbonyl (C=O) groups is 1. The van der Waals surface area contributed by atoms with Gasteiger partial charge in [0.1, 0.15) is 6.04 Å². The van der Waals surface area contributed by atoms with Crippen molar-refractivity contribution in [2.45, 2.75) is 18.9 Å². The van der Waals surface area contributed by atoms with Crippen LogP contribution in [0.2, 0.25) is 0 Å². The molecule has 0 aromatic heterocycles. The van der Waals surface area contributed by atoms with Crippen molar-refractivity contribution >= 4 is 5.91 Å². The first kappa shape index (κ1) is 12.2. The third-order valence-corrected chi connectivity index (χ3v) is 3.11. The summed E-state index contributed by atoms with van der Waals surface area (Å²) in [6, 6.07) is 6.46. The van der Waals surface area contributed by atoms with Crippen molar-refractivity contribution in [3.05, 3.63) is 23.8 Å². The average Bonchev–Trinajstić information content (AvgIpc) is 2.86. The summed E-state index contributed by atoms with van der Waals surface area (Å²) in [7, 11) is 1.43. The fraction of sp³-hybridized carbons (Fsp3) is 0.385. The third kappa shape index (κ3) is 1.97. The van der Waals surface area contributed by atoms with Crippen LogP contribution in [-0.2, 0) is 0 Å². The van der Waals surface area contributed by atoms with E-state index in [1.54, 1.807) is 12.1 Å². The van der Waals surface area contributed by atoms with Crippen LogP contribution in [0.4, 0.5) is 0 Å². The number of likely N-dealkylation sites (tertiary alicyclic amines) is 1. The molecule has 2 rings (SSSR count). The van der Waals surface area contributed by atoms with Crippen LogP contribution in [0, 0.1) is 11.3 Å². The molecule has 0 aliphatic carbocycles. The van der Waals surface area contributed by atoms with Crippen LogP contribution >= 0.6 is 0 Å². The maximum atomic E-state index is 12.3. The van der Waals surface area contributed by atoms with Gasteiger partial charge in [-0.2, -0.15) is 5.26 Å². The number of methoxy groups -OCH3 is 1. The van der Waals surface area contributed by atoms with E-state index in [1.165, 1.54) is 18.1 Å². The average molecular weight is 246 g/mol. The van der Waals surface area contributed by atoms with Gasteiger partial charge >= 0.3 is 0 Å². The van der Waals surface area contributed by atoms with Gasteiger partial charge in [0.2, 0.25) is 0 Å². The van der Waals surface area contributed by atoms with Crippen molar-refractivity contribution in [2.24, 2.45) is 0 Å². The number of carbonyl (C=O) groups excluding carboxylic acids is 1. The molecule has 1 fully saturated rings. The SMILES string of the molecule is COc1cccc(C(=O)N2CCCC2C#N)c1O. The number of para-hydroxylation sites is 1. The molecule has 1 aromatic carbocycles. The minimum absolute atomic E-state index is 0.173. The molecular weight excluding hydrogens is 232 g/mol. The summed E-state index contributed by atoms with van der Waals surface area (Å²) in [4.78, 5) is 13.8. The highest BCUT2D eigenvalue weighted by Crippen LogP contribution is 2.31. The molecule has 1 aromatic rings. The normalized spacial score (nSPS) is 18.4. The number of phenols is 1. The van der Waals surface area contributed by atoms with Crippen molar-refractivity contribution in [1.29, 1.82) is 5.26 Å². The summed E-state index contributed by atoms with van der Waals surface area (Å²) >= 11 is 0. The van der Waals surface area contributed by atoms with E-state index in [0.717, 1.165) is 6.42 Å². The molecular formula is C13H14N2O3. The number of aromatic hydroxyl groups is 1. The molecule has 1 amide bonds. The van der Waals surface area contributed by atoms with Gasteiger partial charge in [-0.15, -0.1) is 0 Å². The van der Waals surface area contributed by atoms with Gasteiger partial charge in [-0.3, -0.25) is 4.79 Å². The Balaban J connectivity index is 2.32. The topological polar surface area (TPSA) is 73.6 Å². The van der Waals surface area contributed by atoms with Gasteiger partial charge in [-0.1, -0.05) is 6.07 Å². The zero-order valence-corrected chi connectivity index (χ0v) is 10.1. The smallest absolute Gasteiger partial charge is 0.258 e. The van der Waals surface area contributed by atoms with E-state index in [4.69, 9.17) is 10.00 Å². The summed E-state index contributed by atoms with van der Waals surface area (Å²) < 4.78 is 4.97. The van der Waals surface area contributed by atoms with Crippen molar-refractivity contribution in [2.75, 3.05) is 13.7 Å². The Hall–Kier alpha value is -2.22. The fourth-order valence-corrected chi connectivity index (χ4v) is 2.16. The predicted octanol–water partition coefficient (Wildman–Crippen LogP) is 1.53. The number of ether oxygens (including phenoxy) is 1. The molecule has 1 unspecified atom stereocenters. The van der Waals surface area contributed by atoms with Crippen LogP contribution in [0.15, 0.2) is 18.2 Å². The molecule has 1 heterocycles. The maximum absolute atomic E-state index is 12.3. The Morgan fingerprint density at radius 2 is 2.39 bits per heavy atom. The molecule has 1 atom stereocenters. The van der Waals surface area contributed by atoms with Crippen LogP contribution < -0.4 is 4.74 Å². The lowest BCUT2D eigenvalue weighted by atomic mass is 10.1. The van der Waals surface area contributed by atoms with E-state index in [0.29, 0.717) is 13.0 Å². The number of hydrogen-bond acceptors (Lipinski definition) is 4. The van der Waals surface area contributed by atoms with Crippen molar-refractivity contribution in [1.82, 2.24) is 4.90 Å². The molecule has 1 saturated heterocycles. The van der Waals surface area contributed by atoms with Crippen LogP contribution in [0.3, 0.4) is 0 Å². The minimum atomic E-state index is -0.400. The molecule has 5 nitrogen and oxygen atoms in total. The number of amides is 1. The first-order valence-electron chi connectivity index (χ1n) is 5.75. The summed E-state index contributed by atoms with van der Waals surface area (Å²) in [6.45, 7) is 0.549. The second kappa shape index (κ2) is 4.96. The van der Waals surface area contributed by atoms with Gasteiger partial charge < -0.3 is 14.7 Å². The molecule has 5 heteroatoms. The maximum Gasteiger partial charge on any atom is 0.258 e. The zero-order chi connectivity index (χ0) is 13.1. The standard InChI is InChI=1S/C13H14N2O3/c1-18-11-6-2-5-10(12(11)16)13(17)15-7-3-4-9(15)8-14/h2,5-6,9,16H,3-4,7H2,1H3. The van der Waals surface area contributed by atoms with Crippen LogP contribution in [-0.4, -0.2) is 35.6 Å². The largest absolute Gasteiger partial charge is 0.504 e. The quantitative estimate of drug-likeness (QED) is 0.858. The molecule has 94 valence electrons. The van der Waals surface area contributed by atoms with Crippen molar-refractivity contribution in [3.8, 4) is 17.6 Å². The summed E-state index contributed by atoms with van der Waals surface area (Å²) in [5, 5.41) is 18.9. The van der Waals surface area contributed by atoms with E-state index in [2.05, 4.69) is 6.07 Å². The van der Waals surface area contributed by atoms with Gasteiger partial charge in [-0.05, 0) is 25.0 Å². The molecule has 0 radical (unpaired) electrons. The van der Waals surface area contributed by atoms with Crippen molar-refractivity contribution in [3.63, 3.8) is 0 Å². The molecule has 0 spiro atoms. The Labute approximate surface area is 105 Å². The fourth-order valence-electron chi connectivity index (χ4n) is 2.16. The number of rotatable bonds is 2. The van der Waals surface area contributed by atoms with Gasteiger partial charge in [0.25, 0.3) is 5.91 Å². The Morgan fingerprint density at radius 1 is 1.61 bits per heavy atom. The highest BCUT2D eigenvalue weighted by molar-refractivity contribution is 5.98. The van der Waals surface area contributed by atoms with Crippen molar-refractivity contribution < 1.29 is 14.6 Å². The van der Waals surface area contributed by atoms with Gasteiger partial charge in [0.05, 0.1) is 18.7 Å². The number of nitrogens with zero attached hydrogens (tertiary/aromatic N) is 2. The van der Waals surface area contributed by atoms with Gasteiger partial charge in [0, 0.05) is 6.54 Å². The zero-order valence-electron chi connectivity index (χ0n) is 10.1. The van der Waals surface area contributed by atoms with E-state index in [-0.39, 0.29) is 23.0 Å². The third-order valence-electron chi connectivity index (χ3n) is 3.11. The molecule has 18 heavy (non-hydrogen) atoms. The number of benzene rings is 1. The van der Waals surface area contributed by atoms with E-state index in [9.17, 15) is 9.90 Å². The minimum Gasteiger partial charge on any atom is -0.504 e. The second-order valence-electron chi connectivity index (χ2n) is 4.14. The Kier molecular flexibility index (Phi) is 3.38. The highest BCUT2D eigenvalue weighted by Gasteiger charge is 2.31. The molecule has 0 bridgehead atoms. The lowest BCUT2D eigenvalue weighted by Gasteiger charge is -2.20. The predicted molar refractivity (Wildman–Crippen MR) is 64.3 cm³/mol. The molecule has 1 aliphatic rings. The lowest BCUT2D eigenvalue weighted by molar-refractivity contribution is 0.0761. The molecule has 0 saturated carbocycles. The van der Waals surface area contributed by atoms with Crippen LogP contribution in [0.1, 0.15) is 23.2 Å². The lowest BCUT2D eigenvalue weighted by Crippen LogP contribution is -2.34. The Bertz CT molecular complexity index is 507. The summed E-state index contributed by atoms with van der Waals surface area (Å²) in [5.74, 6) is -0.238. The monoisotopic (exact) mass is 246 g/mol. The van der Waals surface area contributed by atoms with Crippen LogP contribution in [0.5, 0.6) is 11.5 Å². The first-order chi connectivity index (χ1) is 8.69. The van der Waals surface area contributed by atoms with Gasteiger partial charge in [0.15, 0.2) is 11.5 Å². The van der Waals surface area contributed by atoms with E-state index < -0.39 is 6.04 Å². The van der Waals surface area contributed by atoms with E-state index in [1.807, 2.05) is 0 Å². The number of hydrogen-bond donors (Lipinski definition) is 1. The second-order valence-corrected chi connectivity index (χ2v) is 4.14. The van der Waals surface area contributed by atoms with Crippen LogP contribution in [0.25, 0.3) is 0 Å². The molecule has 1 aliphatic heterocycles. The Morgan fingerprint density at radius 3 is 3.06 bits per heavy atom. The number of phenolic OH excluding ortho intramolecular Hbond substituents is 1. The summed E-state index contributed by atoms with van der Waals surface area (Å²) in [6.07, 6.45) is 1.50.